The Morgan fingerprint density at radius 3 is 2.60 bits per heavy atom. The second-order valence-corrected chi connectivity index (χ2v) is 5.66. The smallest absolute Gasteiger partial charge is 0.0594 e. The van der Waals surface area contributed by atoms with Crippen LogP contribution in [0.4, 0.5) is 0 Å². The average Bonchev–Trinajstić information content (AvgIpc) is 2.97. The second kappa shape index (κ2) is 6.70. The largest absolute Gasteiger partial charge is 0.379 e. The van der Waals surface area contributed by atoms with Gasteiger partial charge in [0.25, 0.3) is 0 Å². The molecule has 1 saturated heterocycles. The molecular weight excluding hydrogens is 252 g/mol. The van der Waals surface area contributed by atoms with Crippen molar-refractivity contribution in [3.05, 3.63) is 18.0 Å². The molecule has 0 radical (unpaired) electrons. The standard InChI is InChI=1S/C15H28N4O/c1-5-15(3,18-7-9-20-10-8-18)14(16-4)13-11-17-19(6-2)12-13/h11-12,14,16H,5-10H2,1-4H3. The molecule has 114 valence electrons. The summed E-state index contributed by atoms with van der Waals surface area (Å²) in [4.78, 5) is 2.56. The van der Waals surface area contributed by atoms with E-state index in [1.165, 1.54) is 5.56 Å². The molecule has 1 fully saturated rings. The molecule has 0 aromatic carbocycles. The Bertz CT molecular complexity index is 414. The molecule has 5 nitrogen and oxygen atoms in total. The summed E-state index contributed by atoms with van der Waals surface area (Å²) < 4.78 is 7.50. The van der Waals surface area contributed by atoms with Crippen LogP contribution in [0.15, 0.2) is 12.4 Å². The van der Waals surface area contributed by atoms with Crippen LogP contribution in [0.1, 0.15) is 38.8 Å². The first-order chi connectivity index (χ1) is 9.65. The van der Waals surface area contributed by atoms with E-state index in [9.17, 15) is 0 Å². The number of nitrogens with one attached hydrogen (secondary N) is 1. The van der Waals surface area contributed by atoms with Crippen LogP contribution in [0.25, 0.3) is 0 Å². The van der Waals surface area contributed by atoms with E-state index in [-0.39, 0.29) is 11.6 Å². The predicted octanol–water partition coefficient (Wildman–Crippen LogP) is 1.66. The van der Waals surface area contributed by atoms with Crippen molar-refractivity contribution >= 4 is 0 Å². The lowest BCUT2D eigenvalue weighted by molar-refractivity contribution is -0.0319. The third-order valence-corrected chi connectivity index (χ3v) is 4.67. The number of likely N-dealkylation sites (N-methyl/N-ethyl adjacent to an activating group) is 1. The maximum absolute atomic E-state index is 5.50. The first kappa shape index (κ1) is 15.5. The van der Waals surface area contributed by atoms with E-state index in [1.807, 2.05) is 17.9 Å². The van der Waals surface area contributed by atoms with E-state index in [1.54, 1.807) is 0 Å². The lowest BCUT2D eigenvalue weighted by Crippen LogP contribution is -2.57. The fourth-order valence-electron chi connectivity index (χ4n) is 3.22. The van der Waals surface area contributed by atoms with E-state index in [4.69, 9.17) is 4.74 Å². The van der Waals surface area contributed by atoms with Gasteiger partial charge >= 0.3 is 0 Å². The summed E-state index contributed by atoms with van der Waals surface area (Å²) in [6.45, 7) is 11.3. The van der Waals surface area contributed by atoms with Crippen molar-refractivity contribution in [1.82, 2.24) is 20.0 Å². The third-order valence-electron chi connectivity index (χ3n) is 4.67. The van der Waals surface area contributed by atoms with Gasteiger partial charge < -0.3 is 10.1 Å². The maximum atomic E-state index is 5.50. The lowest BCUT2D eigenvalue weighted by atomic mass is 9.83. The Kier molecular flexibility index (Phi) is 5.18. The maximum Gasteiger partial charge on any atom is 0.0594 e. The zero-order valence-corrected chi connectivity index (χ0v) is 13.2. The Labute approximate surface area is 122 Å². The molecule has 1 aliphatic heterocycles. The number of morpholine rings is 1. The summed E-state index contributed by atoms with van der Waals surface area (Å²) in [5.41, 5.74) is 1.35. The number of ether oxygens (including phenoxy) is 1. The van der Waals surface area contributed by atoms with Crippen LogP contribution in [-0.4, -0.2) is 53.6 Å². The van der Waals surface area contributed by atoms with Crippen molar-refractivity contribution in [3.63, 3.8) is 0 Å². The highest BCUT2D eigenvalue weighted by Crippen LogP contribution is 2.34. The quantitative estimate of drug-likeness (QED) is 0.860. The van der Waals surface area contributed by atoms with Crippen LogP contribution in [0, 0.1) is 0 Å². The van der Waals surface area contributed by atoms with Gasteiger partial charge in [-0.25, -0.2) is 0 Å². The van der Waals surface area contributed by atoms with Crippen molar-refractivity contribution in [1.29, 1.82) is 0 Å². The fraction of sp³-hybridized carbons (Fsp3) is 0.800. The van der Waals surface area contributed by atoms with Gasteiger partial charge in [0, 0.05) is 36.9 Å². The molecule has 1 N–H and O–H groups in total. The molecule has 0 bridgehead atoms. The Hall–Kier alpha value is -0.910. The molecule has 2 atom stereocenters. The molecule has 0 aliphatic carbocycles. The van der Waals surface area contributed by atoms with E-state index in [0.717, 1.165) is 39.3 Å². The highest BCUT2D eigenvalue weighted by molar-refractivity contribution is 5.17. The third kappa shape index (κ3) is 2.90. The average molecular weight is 280 g/mol. The zero-order valence-electron chi connectivity index (χ0n) is 13.2. The van der Waals surface area contributed by atoms with E-state index in [2.05, 4.69) is 42.3 Å². The molecule has 2 heterocycles. The summed E-state index contributed by atoms with van der Waals surface area (Å²) in [5, 5.41) is 7.94. The van der Waals surface area contributed by atoms with Crippen molar-refractivity contribution in [2.24, 2.45) is 0 Å². The van der Waals surface area contributed by atoms with Crippen molar-refractivity contribution in [2.75, 3.05) is 33.4 Å². The molecule has 20 heavy (non-hydrogen) atoms. The van der Waals surface area contributed by atoms with Crippen LogP contribution in [0.3, 0.4) is 0 Å². The molecule has 0 amide bonds. The van der Waals surface area contributed by atoms with Gasteiger partial charge in [-0.05, 0) is 27.3 Å². The Balaban J connectivity index is 2.25. The van der Waals surface area contributed by atoms with Crippen LogP contribution in [-0.2, 0) is 11.3 Å². The number of aromatic nitrogens is 2. The van der Waals surface area contributed by atoms with E-state index < -0.39 is 0 Å². The predicted molar refractivity (Wildman–Crippen MR) is 80.8 cm³/mol. The monoisotopic (exact) mass is 280 g/mol. The molecule has 5 heteroatoms. The molecule has 0 spiro atoms. The van der Waals surface area contributed by atoms with Crippen LogP contribution in [0.2, 0.25) is 0 Å². The van der Waals surface area contributed by atoms with Gasteiger partial charge in [0.1, 0.15) is 0 Å². The molecule has 1 aliphatic rings. The topological polar surface area (TPSA) is 42.3 Å². The summed E-state index contributed by atoms with van der Waals surface area (Å²) in [6, 6.07) is 0.283. The van der Waals surface area contributed by atoms with Gasteiger partial charge in [-0.2, -0.15) is 5.10 Å². The summed E-state index contributed by atoms with van der Waals surface area (Å²) in [6.07, 6.45) is 5.25. The van der Waals surface area contributed by atoms with Gasteiger partial charge in [-0.15, -0.1) is 0 Å². The van der Waals surface area contributed by atoms with Crippen LogP contribution >= 0.6 is 0 Å². The summed E-state index contributed by atoms with van der Waals surface area (Å²) in [7, 11) is 2.04. The van der Waals surface area contributed by atoms with Crippen LogP contribution in [0.5, 0.6) is 0 Å². The van der Waals surface area contributed by atoms with Gasteiger partial charge in [-0.1, -0.05) is 6.92 Å². The number of rotatable bonds is 6. The number of hydrogen-bond donors (Lipinski definition) is 1. The molecule has 1 aromatic rings. The van der Waals surface area contributed by atoms with Crippen LogP contribution < -0.4 is 5.32 Å². The molecule has 0 saturated carbocycles. The SMILES string of the molecule is CCn1cc(C(NC)C(C)(CC)N2CCOCC2)cn1. The minimum Gasteiger partial charge on any atom is -0.379 e. The normalized spacial score (nSPS) is 21.6. The number of nitrogens with zero attached hydrogens (tertiary/aromatic N) is 3. The number of aryl methyl sites for hydroxylation is 1. The molecule has 2 rings (SSSR count). The molecule has 1 aromatic heterocycles. The summed E-state index contributed by atoms with van der Waals surface area (Å²) >= 11 is 0. The van der Waals surface area contributed by atoms with Crippen molar-refractivity contribution in [2.45, 2.75) is 45.3 Å². The zero-order chi connectivity index (χ0) is 14.6. The van der Waals surface area contributed by atoms with Gasteiger partial charge in [0.2, 0.25) is 0 Å². The minimum atomic E-state index is 0.0835. The second-order valence-electron chi connectivity index (χ2n) is 5.66. The molecular formula is C15H28N4O. The first-order valence-corrected chi connectivity index (χ1v) is 7.68. The van der Waals surface area contributed by atoms with Gasteiger partial charge in [0.15, 0.2) is 0 Å². The highest BCUT2D eigenvalue weighted by atomic mass is 16.5. The van der Waals surface area contributed by atoms with E-state index >= 15 is 0 Å². The molecule has 2 unspecified atom stereocenters. The number of hydrogen-bond acceptors (Lipinski definition) is 4. The highest BCUT2D eigenvalue weighted by Gasteiger charge is 2.39. The van der Waals surface area contributed by atoms with E-state index in [0.29, 0.717) is 0 Å². The van der Waals surface area contributed by atoms with Crippen molar-refractivity contribution < 1.29 is 4.74 Å². The lowest BCUT2D eigenvalue weighted by Gasteiger charge is -2.47. The van der Waals surface area contributed by atoms with Gasteiger partial charge in [0.05, 0.1) is 25.5 Å². The Morgan fingerprint density at radius 1 is 1.40 bits per heavy atom. The van der Waals surface area contributed by atoms with Crippen molar-refractivity contribution in [3.8, 4) is 0 Å². The Morgan fingerprint density at radius 2 is 2.10 bits per heavy atom. The first-order valence-electron chi connectivity index (χ1n) is 7.68. The minimum absolute atomic E-state index is 0.0835. The summed E-state index contributed by atoms with van der Waals surface area (Å²) in [5.74, 6) is 0. The fourth-order valence-corrected chi connectivity index (χ4v) is 3.22. The van der Waals surface area contributed by atoms with Gasteiger partial charge in [-0.3, -0.25) is 9.58 Å².